The van der Waals surface area contributed by atoms with Crippen LogP contribution < -0.4 is 10.1 Å². The Labute approximate surface area is 126 Å². The topological polar surface area (TPSA) is 51.2 Å². The number of benzene rings is 2. The molecule has 0 aliphatic carbocycles. The summed E-state index contributed by atoms with van der Waals surface area (Å²) >= 11 is 1.48. The summed E-state index contributed by atoms with van der Waals surface area (Å²) in [5.41, 5.74) is 3.03. The Morgan fingerprint density at radius 2 is 2.05 bits per heavy atom. The Hall–Kier alpha value is -2.40. The van der Waals surface area contributed by atoms with E-state index in [0.717, 1.165) is 27.1 Å². The fourth-order valence-corrected chi connectivity index (χ4v) is 3.22. The summed E-state index contributed by atoms with van der Waals surface area (Å²) < 4.78 is 6.33. The minimum atomic E-state index is -0.114. The number of aromatic nitrogens is 1. The van der Waals surface area contributed by atoms with Crippen LogP contribution in [0.4, 0.5) is 5.13 Å². The van der Waals surface area contributed by atoms with Crippen LogP contribution in [0.5, 0.6) is 5.75 Å². The second kappa shape index (κ2) is 5.54. The highest BCUT2D eigenvalue weighted by molar-refractivity contribution is 7.22. The summed E-state index contributed by atoms with van der Waals surface area (Å²) in [5, 5.41) is 3.36. The summed E-state index contributed by atoms with van der Waals surface area (Å²) in [6, 6.07) is 13.9. The predicted molar refractivity (Wildman–Crippen MR) is 85.9 cm³/mol. The van der Waals surface area contributed by atoms with Crippen LogP contribution in [0.1, 0.15) is 6.92 Å². The average Bonchev–Trinajstić information content (AvgIpc) is 2.88. The first-order chi connectivity index (χ1) is 10.2. The number of thiazole rings is 1. The lowest BCUT2D eigenvalue weighted by Gasteiger charge is -2.05. The number of amides is 1. The third-order valence-electron chi connectivity index (χ3n) is 3.08. The summed E-state index contributed by atoms with van der Waals surface area (Å²) in [6.45, 7) is 1.48. The van der Waals surface area contributed by atoms with Crippen molar-refractivity contribution in [2.45, 2.75) is 6.92 Å². The van der Waals surface area contributed by atoms with Crippen LogP contribution in [0.2, 0.25) is 0 Å². The van der Waals surface area contributed by atoms with Gasteiger partial charge in [-0.25, -0.2) is 4.98 Å². The van der Waals surface area contributed by atoms with E-state index in [0.29, 0.717) is 5.13 Å². The summed E-state index contributed by atoms with van der Waals surface area (Å²) in [5.74, 6) is 0.702. The molecule has 0 atom stereocenters. The minimum absolute atomic E-state index is 0.114. The molecule has 1 amide bonds. The van der Waals surface area contributed by atoms with Gasteiger partial charge in [-0.15, -0.1) is 0 Å². The fraction of sp³-hybridized carbons (Fsp3) is 0.125. The molecule has 1 aromatic heterocycles. The molecule has 1 heterocycles. The van der Waals surface area contributed by atoms with E-state index in [4.69, 9.17) is 4.74 Å². The summed E-state index contributed by atoms with van der Waals surface area (Å²) in [6.07, 6.45) is 0. The largest absolute Gasteiger partial charge is 0.497 e. The van der Waals surface area contributed by atoms with Crippen molar-refractivity contribution in [2.75, 3.05) is 12.4 Å². The van der Waals surface area contributed by atoms with Crippen molar-refractivity contribution in [1.29, 1.82) is 0 Å². The molecule has 0 spiro atoms. The zero-order chi connectivity index (χ0) is 14.8. The van der Waals surface area contributed by atoms with Gasteiger partial charge in [0.25, 0.3) is 0 Å². The molecule has 1 N–H and O–H groups in total. The number of ether oxygens (including phenoxy) is 1. The highest BCUT2D eigenvalue weighted by atomic mass is 32.1. The summed E-state index contributed by atoms with van der Waals surface area (Å²) in [7, 11) is 1.65. The van der Waals surface area contributed by atoms with E-state index in [-0.39, 0.29) is 5.91 Å². The number of nitrogens with one attached hydrogen (secondary N) is 1. The van der Waals surface area contributed by atoms with Gasteiger partial charge in [0.2, 0.25) is 5.91 Å². The molecular formula is C16H14N2O2S. The molecule has 3 rings (SSSR count). The standard InChI is InChI=1S/C16H14N2O2S/c1-10(19)17-16-18-14-8-4-7-13(15(14)21-16)11-5-3-6-12(9-11)20-2/h3-9H,1-2H3,(H,17,18,19). The van der Waals surface area contributed by atoms with Crippen molar-refractivity contribution in [3.63, 3.8) is 0 Å². The van der Waals surface area contributed by atoms with Crippen LogP contribution in [-0.4, -0.2) is 18.0 Å². The maximum absolute atomic E-state index is 11.2. The molecule has 3 aromatic rings. The Morgan fingerprint density at radius 3 is 2.81 bits per heavy atom. The molecule has 0 saturated carbocycles. The van der Waals surface area contributed by atoms with Crippen molar-refractivity contribution in [3.05, 3.63) is 42.5 Å². The van der Waals surface area contributed by atoms with E-state index >= 15 is 0 Å². The van der Waals surface area contributed by atoms with Gasteiger partial charge in [0, 0.05) is 12.5 Å². The summed E-state index contributed by atoms with van der Waals surface area (Å²) in [4.78, 5) is 15.6. The molecule has 0 saturated heterocycles. The number of carbonyl (C=O) groups is 1. The van der Waals surface area contributed by atoms with Crippen molar-refractivity contribution in [2.24, 2.45) is 0 Å². The number of anilines is 1. The zero-order valence-electron chi connectivity index (χ0n) is 11.7. The lowest BCUT2D eigenvalue weighted by Crippen LogP contribution is -2.04. The third-order valence-corrected chi connectivity index (χ3v) is 4.10. The highest BCUT2D eigenvalue weighted by Gasteiger charge is 2.10. The lowest BCUT2D eigenvalue weighted by molar-refractivity contribution is -0.114. The zero-order valence-corrected chi connectivity index (χ0v) is 12.5. The Kier molecular flexibility index (Phi) is 3.58. The van der Waals surface area contributed by atoms with Gasteiger partial charge in [0.05, 0.1) is 17.3 Å². The molecule has 4 nitrogen and oxygen atoms in total. The maximum Gasteiger partial charge on any atom is 0.223 e. The Balaban J connectivity index is 2.13. The number of hydrogen-bond donors (Lipinski definition) is 1. The van der Waals surface area contributed by atoms with Crippen molar-refractivity contribution in [1.82, 2.24) is 4.98 Å². The molecule has 2 aromatic carbocycles. The minimum Gasteiger partial charge on any atom is -0.497 e. The Morgan fingerprint density at radius 1 is 1.24 bits per heavy atom. The molecular weight excluding hydrogens is 284 g/mol. The van der Waals surface area contributed by atoms with Crippen molar-refractivity contribution >= 4 is 32.6 Å². The van der Waals surface area contributed by atoms with Crippen LogP contribution in [0.25, 0.3) is 21.3 Å². The molecule has 0 aliphatic heterocycles. The molecule has 106 valence electrons. The number of rotatable bonds is 3. The monoisotopic (exact) mass is 298 g/mol. The smallest absolute Gasteiger partial charge is 0.223 e. The molecule has 0 radical (unpaired) electrons. The van der Waals surface area contributed by atoms with Crippen LogP contribution in [0, 0.1) is 0 Å². The first kappa shape index (κ1) is 13.6. The molecule has 0 fully saturated rings. The van der Waals surface area contributed by atoms with Crippen LogP contribution in [0.15, 0.2) is 42.5 Å². The quantitative estimate of drug-likeness (QED) is 0.797. The fourth-order valence-electron chi connectivity index (χ4n) is 2.17. The number of carbonyl (C=O) groups excluding carboxylic acids is 1. The van der Waals surface area contributed by atoms with E-state index < -0.39 is 0 Å². The van der Waals surface area contributed by atoms with Gasteiger partial charge in [-0.05, 0) is 23.8 Å². The third kappa shape index (κ3) is 2.73. The van der Waals surface area contributed by atoms with E-state index in [1.54, 1.807) is 7.11 Å². The van der Waals surface area contributed by atoms with Gasteiger partial charge in [-0.2, -0.15) is 0 Å². The second-order valence-corrected chi connectivity index (χ2v) is 5.59. The average molecular weight is 298 g/mol. The van der Waals surface area contributed by atoms with Crippen LogP contribution in [0.3, 0.4) is 0 Å². The number of methoxy groups -OCH3 is 1. The van der Waals surface area contributed by atoms with Gasteiger partial charge < -0.3 is 10.1 Å². The van der Waals surface area contributed by atoms with E-state index in [9.17, 15) is 4.79 Å². The van der Waals surface area contributed by atoms with E-state index in [2.05, 4.69) is 10.3 Å². The molecule has 0 bridgehead atoms. The second-order valence-electron chi connectivity index (χ2n) is 4.59. The van der Waals surface area contributed by atoms with E-state index in [1.165, 1.54) is 18.3 Å². The van der Waals surface area contributed by atoms with Gasteiger partial charge >= 0.3 is 0 Å². The van der Waals surface area contributed by atoms with Crippen molar-refractivity contribution in [3.8, 4) is 16.9 Å². The molecule has 0 aliphatic rings. The lowest BCUT2D eigenvalue weighted by atomic mass is 10.1. The first-order valence-electron chi connectivity index (χ1n) is 6.49. The van der Waals surface area contributed by atoms with E-state index in [1.807, 2.05) is 42.5 Å². The van der Waals surface area contributed by atoms with Gasteiger partial charge in [0.15, 0.2) is 5.13 Å². The maximum atomic E-state index is 11.2. The van der Waals surface area contributed by atoms with Gasteiger partial charge in [-0.1, -0.05) is 35.6 Å². The predicted octanol–water partition coefficient (Wildman–Crippen LogP) is 3.93. The number of nitrogens with zero attached hydrogens (tertiary/aromatic N) is 1. The van der Waals surface area contributed by atoms with Crippen LogP contribution in [-0.2, 0) is 4.79 Å². The number of hydrogen-bond acceptors (Lipinski definition) is 4. The highest BCUT2D eigenvalue weighted by Crippen LogP contribution is 2.35. The van der Waals surface area contributed by atoms with Gasteiger partial charge in [0.1, 0.15) is 5.75 Å². The van der Waals surface area contributed by atoms with Crippen molar-refractivity contribution < 1.29 is 9.53 Å². The van der Waals surface area contributed by atoms with Gasteiger partial charge in [-0.3, -0.25) is 4.79 Å². The number of fused-ring (bicyclic) bond motifs is 1. The van der Waals surface area contributed by atoms with Crippen LogP contribution >= 0.6 is 11.3 Å². The molecule has 0 unspecified atom stereocenters. The SMILES string of the molecule is COc1cccc(-c2cccc3nc(NC(C)=O)sc23)c1. The molecule has 21 heavy (non-hydrogen) atoms. The Bertz CT molecular complexity index is 811. The first-order valence-corrected chi connectivity index (χ1v) is 7.30. The molecule has 5 heteroatoms. The normalized spacial score (nSPS) is 10.6.